The number of hydrogen-bond donors (Lipinski definition) is 2. The predicted octanol–water partition coefficient (Wildman–Crippen LogP) is 2.50. The molecule has 10 heteroatoms. The summed E-state index contributed by atoms with van der Waals surface area (Å²) in [6, 6.07) is 1.69. The number of guanidine groups is 1. The lowest BCUT2D eigenvalue weighted by Gasteiger charge is -2.37. The van der Waals surface area contributed by atoms with E-state index >= 15 is 0 Å². The third-order valence-electron chi connectivity index (χ3n) is 7.35. The number of nitriles is 1. The summed E-state index contributed by atoms with van der Waals surface area (Å²) in [5, 5.41) is 15.9. The van der Waals surface area contributed by atoms with E-state index < -0.39 is 17.7 Å². The molecular weight excluding hydrogens is 460 g/mol. The monoisotopic (exact) mass is 504 g/mol. The fraction of sp³-hybridized carbons (Fsp3) is 0.846. The quantitative estimate of drug-likeness (QED) is 0.404. The maximum absolute atomic E-state index is 13.7. The lowest BCUT2D eigenvalue weighted by molar-refractivity contribution is -0.124. The number of likely N-dealkylation sites (tertiary alicyclic amines) is 1. The van der Waals surface area contributed by atoms with E-state index in [2.05, 4.69) is 21.6 Å². The van der Waals surface area contributed by atoms with Gasteiger partial charge in [0, 0.05) is 26.2 Å². The van der Waals surface area contributed by atoms with Gasteiger partial charge in [0.2, 0.25) is 11.9 Å². The molecular formula is C26H44N6O4. The minimum Gasteiger partial charge on any atom is -0.449 e. The largest absolute Gasteiger partial charge is 0.449 e. The molecule has 10 nitrogen and oxygen atoms in total. The Hall–Kier alpha value is -2.38. The van der Waals surface area contributed by atoms with Crippen molar-refractivity contribution >= 4 is 18.0 Å². The van der Waals surface area contributed by atoms with Gasteiger partial charge >= 0.3 is 6.09 Å². The number of nitrogens with zero attached hydrogens (tertiary/aromatic N) is 4. The highest BCUT2D eigenvalue weighted by atomic mass is 16.5. The van der Waals surface area contributed by atoms with Crippen LogP contribution in [-0.4, -0.2) is 92.4 Å². The van der Waals surface area contributed by atoms with Crippen molar-refractivity contribution in [2.45, 2.75) is 76.8 Å². The number of morpholine rings is 1. The van der Waals surface area contributed by atoms with Crippen LogP contribution in [0.2, 0.25) is 0 Å². The summed E-state index contributed by atoms with van der Waals surface area (Å²) in [5.74, 6) is 0.709. The van der Waals surface area contributed by atoms with Crippen molar-refractivity contribution < 1.29 is 19.1 Å². The molecule has 2 heterocycles. The van der Waals surface area contributed by atoms with E-state index in [1.54, 1.807) is 0 Å². The third kappa shape index (κ3) is 8.63. The lowest BCUT2D eigenvalue weighted by atomic mass is 9.84. The molecule has 2 aliphatic heterocycles. The number of carbonyl (C=O) groups excluding carboxylic acids is 2. The van der Waals surface area contributed by atoms with Gasteiger partial charge in [0.05, 0.1) is 25.9 Å². The average Bonchev–Trinajstić information content (AvgIpc) is 2.89. The first-order valence-corrected chi connectivity index (χ1v) is 13.6. The van der Waals surface area contributed by atoms with Crippen molar-refractivity contribution in [1.82, 2.24) is 20.4 Å². The molecule has 1 saturated carbocycles. The van der Waals surface area contributed by atoms with Gasteiger partial charge in [-0.1, -0.05) is 46.0 Å². The molecule has 2 saturated heterocycles. The zero-order valence-corrected chi connectivity index (χ0v) is 22.3. The van der Waals surface area contributed by atoms with Crippen LogP contribution in [-0.2, 0) is 14.3 Å². The van der Waals surface area contributed by atoms with Crippen molar-refractivity contribution in [3.05, 3.63) is 0 Å². The van der Waals surface area contributed by atoms with Gasteiger partial charge in [0.25, 0.3) is 0 Å². The van der Waals surface area contributed by atoms with E-state index in [0.717, 1.165) is 38.8 Å². The molecule has 202 valence electrons. The van der Waals surface area contributed by atoms with Gasteiger partial charge in [-0.15, -0.1) is 0 Å². The summed E-state index contributed by atoms with van der Waals surface area (Å²) in [5.41, 5.74) is -0.882. The van der Waals surface area contributed by atoms with E-state index in [0.29, 0.717) is 64.1 Å². The van der Waals surface area contributed by atoms with E-state index in [1.165, 1.54) is 6.42 Å². The van der Waals surface area contributed by atoms with Gasteiger partial charge in [-0.2, -0.15) is 5.26 Å². The summed E-state index contributed by atoms with van der Waals surface area (Å²) >= 11 is 0. The normalized spacial score (nSPS) is 22.5. The number of aliphatic imine (C=N–C) groups is 1. The van der Waals surface area contributed by atoms with Crippen molar-refractivity contribution in [3.8, 4) is 6.07 Å². The minimum atomic E-state index is -0.882. The highest BCUT2D eigenvalue weighted by Crippen LogP contribution is 2.29. The standard InChI is InChI=1S/C26H44N6O4/c1-20(2)18-36-25(34)29-24(32-13-15-35-16-14-32)28-22(17-21-7-5-4-6-8-21)23(33)30-26(19-27)9-11-31(3)12-10-26/h20-22H,4-18H2,1-3H3,(H,30,33)(H,28,29,34). The Balaban J connectivity index is 1.83. The number of nitrogens with one attached hydrogen (secondary N) is 2. The fourth-order valence-corrected chi connectivity index (χ4v) is 5.03. The molecule has 3 rings (SSSR count). The number of ether oxygens (including phenoxy) is 2. The van der Waals surface area contributed by atoms with Crippen LogP contribution in [0.4, 0.5) is 4.79 Å². The zero-order valence-electron chi connectivity index (χ0n) is 22.3. The van der Waals surface area contributed by atoms with Crippen LogP contribution in [0.15, 0.2) is 4.99 Å². The molecule has 0 aromatic rings. The van der Waals surface area contributed by atoms with Gasteiger partial charge < -0.3 is 24.6 Å². The van der Waals surface area contributed by atoms with E-state index in [4.69, 9.17) is 14.5 Å². The first-order valence-electron chi connectivity index (χ1n) is 13.6. The molecule has 0 bridgehead atoms. The molecule has 2 N–H and O–H groups in total. The number of alkyl carbamates (subject to hydrolysis) is 1. The van der Waals surface area contributed by atoms with E-state index in [9.17, 15) is 14.9 Å². The second-order valence-corrected chi connectivity index (χ2v) is 10.9. The van der Waals surface area contributed by atoms with Gasteiger partial charge in [-0.3, -0.25) is 10.1 Å². The Labute approximate surface area is 215 Å². The van der Waals surface area contributed by atoms with Crippen molar-refractivity contribution in [1.29, 1.82) is 5.26 Å². The molecule has 3 aliphatic rings. The molecule has 0 aromatic carbocycles. The summed E-state index contributed by atoms with van der Waals surface area (Å²) in [4.78, 5) is 35.2. The highest BCUT2D eigenvalue weighted by Gasteiger charge is 2.38. The molecule has 1 atom stereocenters. The maximum Gasteiger partial charge on any atom is 0.413 e. The van der Waals surface area contributed by atoms with Crippen LogP contribution in [0.5, 0.6) is 0 Å². The number of rotatable bonds is 7. The van der Waals surface area contributed by atoms with Crippen molar-refractivity contribution in [2.24, 2.45) is 16.8 Å². The zero-order chi connectivity index (χ0) is 26.0. The van der Waals surface area contributed by atoms with Gasteiger partial charge in [-0.25, -0.2) is 9.79 Å². The van der Waals surface area contributed by atoms with Gasteiger partial charge in [0.1, 0.15) is 11.6 Å². The molecule has 36 heavy (non-hydrogen) atoms. The Bertz CT molecular complexity index is 791. The van der Waals surface area contributed by atoms with Crippen LogP contribution < -0.4 is 10.6 Å². The molecule has 0 spiro atoms. The van der Waals surface area contributed by atoms with Gasteiger partial charge in [0.15, 0.2) is 0 Å². The number of amides is 2. The molecule has 0 radical (unpaired) electrons. The lowest BCUT2D eigenvalue weighted by Crippen LogP contribution is -2.56. The number of carbonyl (C=O) groups is 2. The van der Waals surface area contributed by atoms with Crippen LogP contribution >= 0.6 is 0 Å². The Morgan fingerprint density at radius 3 is 2.42 bits per heavy atom. The molecule has 2 amide bonds. The van der Waals surface area contributed by atoms with Crippen molar-refractivity contribution in [2.75, 3.05) is 53.0 Å². The van der Waals surface area contributed by atoms with Gasteiger partial charge in [-0.05, 0) is 38.1 Å². The first-order chi connectivity index (χ1) is 17.3. The molecule has 1 unspecified atom stereocenters. The predicted molar refractivity (Wildman–Crippen MR) is 137 cm³/mol. The summed E-state index contributed by atoms with van der Waals surface area (Å²) in [6.45, 7) is 7.93. The smallest absolute Gasteiger partial charge is 0.413 e. The molecule has 3 fully saturated rings. The van der Waals surface area contributed by atoms with Crippen LogP contribution in [0.3, 0.4) is 0 Å². The summed E-state index contributed by atoms with van der Waals surface area (Å²) in [7, 11) is 2.03. The van der Waals surface area contributed by atoms with Crippen LogP contribution in [0, 0.1) is 23.2 Å². The van der Waals surface area contributed by atoms with Crippen molar-refractivity contribution in [3.63, 3.8) is 0 Å². The highest BCUT2D eigenvalue weighted by molar-refractivity contribution is 5.96. The van der Waals surface area contributed by atoms with E-state index in [1.807, 2.05) is 25.8 Å². The molecule has 1 aliphatic carbocycles. The Morgan fingerprint density at radius 2 is 1.81 bits per heavy atom. The fourth-order valence-electron chi connectivity index (χ4n) is 5.03. The average molecular weight is 505 g/mol. The van der Waals surface area contributed by atoms with Crippen LogP contribution in [0.1, 0.15) is 65.2 Å². The number of hydrogen-bond acceptors (Lipinski definition) is 7. The number of piperidine rings is 1. The van der Waals surface area contributed by atoms with Crippen LogP contribution in [0.25, 0.3) is 0 Å². The Morgan fingerprint density at radius 1 is 1.14 bits per heavy atom. The first kappa shape index (κ1) is 28.2. The second kappa shape index (κ2) is 13.8. The topological polar surface area (TPSA) is 119 Å². The maximum atomic E-state index is 13.7. The van der Waals surface area contributed by atoms with E-state index in [-0.39, 0.29) is 11.8 Å². The molecule has 0 aromatic heterocycles. The summed E-state index contributed by atoms with van der Waals surface area (Å²) in [6.07, 6.45) is 6.89. The summed E-state index contributed by atoms with van der Waals surface area (Å²) < 4.78 is 10.8. The minimum absolute atomic E-state index is 0.209. The Kier molecular flexibility index (Phi) is 10.8. The third-order valence-corrected chi connectivity index (χ3v) is 7.35. The SMILES string of the molecule is CC(C)COC(=O)NC(=NC(CC1CCCCC1)C(=O)NC1(C#N)CCN(C)CC1)N1CCOCC1. The second-order valence-electron chi connectivity index (χ2n) is 10.9.